The number of hydrogen-bond acceptors (Lipinski definition) is 1. The van der Waals surface area contributed by atoms with E-state index in [-0.39, 0.29) is 6.10 Å². The molecule has 0 bridgehead atoms. The van der Waals surface area contributed by atoms with Gasteiger partial charge in [0.2, 0.25) is 0 Å². The van der Waals surface area contributed by atoms with Gasteiger partial charge in [0.25, 0.3) is 0 Å². The van der Waals surface area contributed by atoms with Crippen LogP contribution in [0.15, 0.2) is 30.3 Å². The monoisotopic (exact) mass is 204 g/mol. The molecule has 1 nitrogen and oxygen atoms in total. The molecule has 1 saturated carbocycles. The van der Waals surface area contributed by atoms with Crippen LogP contribution in [0.1, 0.15) is 37.7 Å². The molecule has 1 aliphatic carbocycles. The summed E-state index contributed by atoms with van der Waals surface area (Å²) in [5.74, 6) is 0.816. The average Bonchev–Trinajstić information content (AvgIpc) is 2.22. The predicted molar refractivity (Wildman–Crippen MR) is 62.7 cm³/mol. The van der Waals surface area contributed by atoms with Crippen molar-refractivity contribution in [2.45, 2.75) is 44.6 Å². The van der Waals surface area contributed by atoms with Gasteiger partial charge in [-0.2, -0.15) is 0 Å². The highest BCUT2D eigenvalue weighted by atomic mass is 16.3. The Hall–Kier alpha value is -0.820. The number of aryl methyl sites for hydroxylation is 1. The highest BCUT2D eigenvalue weighted by Gasteiger charge is 2.20. The topological polar surface area (TPSA) is 20.2 Å². The van der Waals surface area contributed by atoms with E-state index in [1.54, 1.807) is 0 Å². The first-order valence-corrected chi connectivity index (χ1v) is 6.06. The van der Waals surface area contributed by atoms with Crippen molar-refractivity contribution in [3.8, 4) is 0 Å². The SMILES string of the molecule is OC(CCc1ccccc1)CC1CCC1. The maximum absolute atomic E-state index is 9.85. The lowest BCUT2D eigenvalue weighted by molar-refractivity contribution is 0.110. The Labute approximate surface area is 92.1 Å². The van der Waals surface area contributed by atoms with E-state index in [2.05, 4.69) is 24.3 Å². The molecular formula is C14H20O. The number of aliphatic hydroxyl groups is 1. The number of aliphatic hydroxyl groups excluding tert-OH is 1. The summed E-state index contributed by atoms with van der Waals surface area (Å²) < 4.78 is 0. The van der Waals surface area contributed by atoms with Crippen LogP contribution >= 0.6 is 0 Å². The van der Waals surface area contributed by atoms with E-state index >= 15 is 0 Å². The van der Waals surface area contributed by atoms with Crippen molar-refractivity contribution in [3.05, 3.63) is 35.9 Å². The van der Waals surface area contributed by atoms with Crippen molar-refractivity contribution in [2.75, 3.05) is 0 Å². The highest BCUT2D eigenvalue weighted by molar-refractivity contribution is 5.14. The molecule has 1 N–H and O–H groups in total. The molecule has 15 heavy (non-hydrogen) atoms. The molecule has 1 fully saturated rings. The van der Waals surface area contributed by atoms with E-state index in [1.807, 2.05) is 6.07 Å². The summed E-state index contributed by atoms with van der Waals surface area (Å²) in [5.41, 5.74) is 1.34. The van der Waals surface area contributed by atoms with Gasteiger partial charge in [0.15, 0.2) is 0 Å². The molecule has 1 atom stereocenters. The standard InChI is InChI=1S/C14H20O/c15-14(11-13-7-4-8-13)10-9-12-5-2-1-3-6-12/h1-3,5-6,13-15H,4,7-11H2. The van der Waals surface area contributed by atoms with Crippen molar-refractivity contribution in [1.82, 2.24) is 0 Å². The third-order valence-corrected chi connectivity index (χ3v) is 3.44. The average molecular weight is 204 g/mol. The molecule has 82 valence electrons. The van der Waals surface area contributed by atoms with Gasteiger partial charge in [-0.05, 0) is 30.7 Å². The molecule has 0 saturated heterocycles. The van der Waals surface area contributed by atoms with E-state index in [1.165, 1.54) is 24.8 Å². The lowest BCUT2D eigenvalue weighted by Gasteiger charge is -2.27. The van der Waals surface area contributed by atoms with Gasteiger partial charge in [0.05, 0.1) is 6.10 Å². The van der Waals surface area contributed by atoms with E-state index in [9.17, 15) is 5.11 Å². The van der Waals surface area contributed by atoms with Crippen LogP contribution in [0.5, 0.6) is 0 Å². The van der Waals surface area contributed by atoms with Crippen LogP contribution in [0.25, 0.3) is 0 Å². The molecule has 0 amide bonds. The fourth-order valence-corrected chi connectivity index (χ4v) is 2.21. The first-order chi connectivity index (χ1) is 7.34. The second-order valence-corrected chi connectivity index (χ2v) is 4.71. The molecule has 1 aromatic rings. The van der Waals surface area contributed by atoms with Crippen LogP contribution in [0.4, 0.5) is 0 Å². The van der Waals surface area contributed by atoms with Crippen molar-refractivity contribution >= 4 is 0 Å². The second kappa shape index (κ2) is 5.32. The van der Waals surface area contributed by atoms with Gasteiger partial charge in [-0.1, -0.05) is 49.6 Å². The molecule has 1 aliphatic rings. The first-order valence-electron chi connectivity index (χ1n) is 6.06. The van der Waals surface area contributed by atoms with Crippen LogP contribution in [-0.4, -0.2) is 11.2 Å². The number of rotatable bonds is 5. The number of benzene rings is 1. The minimum atomic E-state index is -0.0875. The first kappa shape index (κ1) is 10.7. The van der Waals surface area contributed by atoms with Gasteiger partial charge in [-0.15, -0.1) is 0 Å². The smallest absolute Gasteiger partial charge is 0.0546 e. The molecule has 0 aliphatic heterocycles. The molecule has 0 aromatic heterocycles. The largest absolute Gasteiger partial charge is 0.393 e. The van der Waals surface area contributed by atoms with Gasteiger partial charge in [0, 0.05) is 0 Å². The molecular weight excluding hydrogens is 184 g/mol. The Morgan fingerprint density at radius 3 is 2.53 bits per heavy atom. The molecule has 2 rings (SSSR count). The maximum atomic E-state index is 9.85. The minimum absolute atomic E-state index is 0.0875. The van der Waals surface area contributed by atoms with Crippen molar-refractivity contribution in [2.24, 2.45) is 5.92 Å². The molecule has 1 unspecified atom stereocenters. The van der Waals surface area contributed by atoms with Gasteiger partial charge < -0.3 is 5.11 Å². The zero-order valence-corrected chi connectivity index (χ0v) is 9.23. The predicted octanol–water partition coefficient (Wildman–Crippen LogP) is 3.17. The van der Waals surface area contributed by atoms with E-state index in [0.29, 0.717) is 0 Å². The number of hydrogen-bond donors (Lipinski definition) is 1. The van der Waals surface area contributed by atoms with Gasteiger partial charge in [-0.25, -0.2) is 0 Å². The lowest BCUT2D eigenvalue weighted by atomic mass is 9.81. The van der Waals surface area contributed by atoms with E-state index < -0.39 is 0 Å². The van der Waals surface area contributed by atoms with Crippen molar-refractivity contribution in [1.29, 1.82) is 0 Å². The Morgan fingerprint density at radius 1 is 1.20 bits per heavy atom. The Bertz CT molecular complexity index is 277. The van der Waals surface area contributed by atoms with Crippen molar-refractivity contribution in [3.63, 3.8) is 0 Å². The molecule has 0 spiro atoms. The minimum Gasteiger partial charge on any atom is -0.393 e. The summed E-state index contributed by atoms with van der Waals surface area (Å²) in [6.07, 6.45) is 6.90. The summed E-state index contributed by atoms with van der Waals surface area (Å²) in [4.78, 5) is 0. The zero-order valence-electron chi connectivity index (χ0n) is 9.23. The third kappa shape index (κ3) is 3.35. The summed E-state index contributed by atoms with van der Waals surface area (Å²) >= 11 is 0. The molecule has 1 heteroatoms. The van der Waals surface area contributed by atoms with Gasteiger partial charge in [0.1, 0.15) is 0 Å². The van der Waals surface area contributed by atoms with Crippen LogP contribution in [-0.2, 0) is 6.42 Å². The maximum Gasteiger partial charge on any atom is 0.0546 e. The Morgan fingerprint density at radius 2 is 1.93 bits per heavy atom. The summed E-state index contributed by atoms with van der Waals surface area (Å²) in [7, 11) is 0. The van der Waals surface area contributed by atoms with E-state index in [4.69, 9.17) is 0 Å². The van der Waals surface area contributed by atoms with Crippen LogP contribution < -0.4 is 0 Å². The quantitative estimate of drug-likeness (QED) is 0.781. The highest BCUT2D eigenvalue weighted by Crippen LogP contribution is 2.31. The van der Waals surface area contributed by atoms with E-state index in [0.717, 1.165) is 25.2 Å². The summed E-state index contributed by atoms with van der Waals surface area (Å²) in [6, 6.07) is 10.4. The van der Waals surface area contributed by atoms with Crippen LogP contribution in [0.2, 0.25) is 0 Å². The summed E-state index contributed by atoms with van der Waals surface area (Å²) in [6.45, 7) is 0. The Kier molecular flexibility index (Phi) is 3.79. The molecule has 1 aromatic carbocycles. The molecule has 0 radical (unpaired) electrons. The van der Waals surface area contributed by atoms with Crippen LogP contribution in [0, 0.1) is 5.92 Å². The fourth-order valence-electron chi connectivity index (χ4n) is 2.21. The molecule has 0 heterocycles. The van der Waals surface area contributed by atoms with Gasteiger partial charge in [-0.3, -0.25) is 0 Å². The van der Waals surface area contributed by atoms with Gasteiger partial charge >= 0.3 is 0 Å². The Balaban J connectivity index is 1.68. The second-order valence-electron chi connectivity index (χ2n) is 4.71. The van der Waals surface area contributed by atoms with Crippen molar-refractivity contribution < 1.29 is 5.11 Å². The summed E-state index contributed by atoms with van der Waals surface area (Å²) in [5, 5.41) is 9.85. The zero-order chi connectivity index (χ0) is 10.5. The fraction of sp³-hybridized carbons (Fsp3) is 0.571. The third-order valence-electron chi connectivity index (χ3n) is 3.44. The normalized spacial score (nSPS) is 18.5. The van der Waals surface area contributed by atoms with Crippen LogP contribution in [0.3, 0.4) is 0 Å². The lowest BCUT2D eigenvalue weighted by Crippen LogP contribution is -2.19.